The summed E-state index contributed by atoms with van der Waals surface area (Å²) in [6.45, 7) is 13.4. The van der Waals surface area contributed by atoms with Crippen LogP contribution in [-0.2, 0) is 19.0 Å². The summed E-state index contributed by atoms with van der Waals surface area (Å²) in [5.41, 5.74) is 0.532. The van der Waals surface area contributed by atoms with E-state index >= 15 is 0 Å². The quantitative estimate of drug-likeness (QED) is 0.559. The zero-order valence-corrected chi connectivity index (χ0v) is 20.0. The molecule has 0 radical (unpaired) electrons. The zero-order chi connectivity index (χ0) is 22.5. The molecule has 170 valence electrons. The Kier molecular flexibility index (Phi) is 8.34. The summed E-state index contributed by atoms with van der Waals surface area (Å²) >= 11 is 0. The average molecular weight is 440 g/mol. The molecule has 1 aliphatic rings. The molecule has 2 atom stereocenters. The SMILES string of the molecule is Cc1ccc(S(=O)(=O)OCC(C)CC(C)C2CCN(C(=O)OC(C)(C)C)CC2)cc1. The number of hydrogen-bond acceptors (Lipinski definition) is 5. The molecule has 30 heavy (non-hydrogen) atoms. The fourth-order valence-corrected chi connectivity index (χ4v) is 4.87. The molecule has 0 aliphatic carbocycles. The van der Waals surface area contributed by atoms with Gasteiger partial charge in [-0.25, -0.2) is 4.79 Å². The van der Waals surface area contributed by atoms with E-state index in [1.165, 1.54) is 0 Å². The first-order valence-corrected chi connectivity index (χ1v) is 12.2. The maximum Gasteiger partial charge on any atom is 0.410 e. The van der Waals surface area contributed by atoms with Gasteiger partial charge in [0.2, 0.25) is 0 Å². The minimum absolute atomic E-state index is 0.129. The molecule has 2 unspecified atom stereocenters. The lowest BCUT2D eigenvalue weighted by Gasteiger charge is -2.36. The standard InChI is InChI=1S/C23H37NO5S/c1-17-7-9-21(10-8-17)30(26,27)28-16-18(2)15-19(3)20-11-13-24(14-12-20)22(25)29-23(4,5)6/h7-10,18-20H,11-16H2,1-6H3. The molecule has 1 aliphatic heterocycles. The number of rotatable bonds is 7. The summed E-state index contributed by atoms with van der Waals surface area (Å²) in [5, 5.41) is 0. The number of piperidine rings is 1. The van der Waals surface area contributed by atoms with E-state index in [2.05, 4.69) is 6.92 Å². The second-order valence-electron chi connectivity index (χ2n) is 9.67. The van der Waals surface area contributed by atoms with Crippen LogP contribution in [0.25, 0.3) is 0 Å². The van der Waals surface area contributed by atoms with Crippen molar-refractivity contribution in [1.82, 2.24) is 4.90 Å². The first kappa shape index (κ1) is 24.7. The van der Waals surface area contributed by atoms with Gasteiger partial charge in [-0.15, -0.1) is 0 Å². The lowest BCUT2D eigenvalue weighted by molar-refractivity contribution is 0.0156. The van der Waals surface area contributed by atoms with E-state index < -0.39 is 15.7 Å². The van der Waals surface area contributed by atoms with Crippen molar-refractivity contribution in [2.45, 2.75) is 71.3 Å². The lowest BCUT2D eigenvalue weighted by atomic mass is 9.81. The Labute approximate surface area is 182 Å². The number of ether oxygens (including phenoxy) is 1. The number of hydrogen-bond donors (Lipinski definition) is 0. The third-order valence-electron chi connectivity index (χ3n) is 5.59. The highest BCUT2D eigenvalue weighted by molar-refractivity contribution is 7.86. The van der Waals surface area contributed by atoms with Gasteiger partial charge in [-0.2, -0.15) is 8.42 Å². The molecule has 0 bridgehead atoms. The molecular weight excluding hydrogens is 402 g/mol. The summed E-state index contributed by atoms with van der Waals surface area (Å²) in [6.07, 6.45) is 2.53. The molecule has 7 heteroatoms. The van der Waals surface area contributed by atoms with Crippen molar-refractivity contribution < 1.29 is 22.1 Å². The Bertz CT molecular complexity index is 790. The van der Waals surface area contributed by atoms with Crippen LogP contribution >= 0.6 is 0 Å². The average Bonchev–Trinajstić information content (AvgIpc) is 2.65. The van der Waals surface area contributed by atoms with Crippen LogP contribution in [0, 0.1) is 24.7 Å². The largest absolute Gasteiger partial charge is 0.444 e. The molecule has 1 saturated heterocycles. The third-order valence-corrected chi connectivity index (χ3v) is 6.88. The molecule has 0 aromatic heterocycles. The van der Waals surface area contributed by atoms with E-state index in [9.17, 15) is 13.2 Å². The van der Waals surface area contributed by atoms with Gasteiger partial charge in [0.1, 0.15) is 5.60 Å². The third kappa shape index (κ3) is 7.58. The van der Waals surface area contributed by atoms with Gasteiger partial charge >= 0.3 is 6.09 Å². The Morgan fingerprint density at radius 3 is 2.23 bits per heavy atom. The highest BCUT2D eigenvalue weighted by Crippen LogP contribution is 2.30. The number of aryl methyl sites for hydroxylation is 1. The van der Waals surface area contributed by atoms with Crippen LogP contribution in [0.1, 0.15) is 59.4 Å². The van der Waals surface area contributed by atoms with Gasteiger partial charge in [0.05, 0.1) is 11.5 Å². The normalized spacial score (nSPS) is 18.1. The Hall–Kier alpha value is -1.60. The molecular formula is C23H37NO5S. The summed E-state index contributed by atoms with van der Waals surface area (Å²) in [4.78, 5) is 14.2. The van der Waals surface area contributed by atoms with Crippen LogP contribution in [0.2, 0.25) is 0 Å². The Balaban J connectivity index is 1.77. The molecule has 6 nitrogen and oxygen atoms in total. The molecule has 0 spiro atoms. The van der Waals surface area contributed by atoms with Crippen LogP contribution in [-0.4, -0.2) is 44.7 Å². The number of likely N-dealkylation sites (tertiary alicyclic amines) is 1. The molecule has 0 saturated carbocycles. The monoisotopic (exact) mass is 439 g/mol. The van der Waals surface area contributed by atoms with Crippen molar-refractivity contribution in [3.05, 3.63) is 29.8 Å². The van der Waals surface area contributed by atoms with Crippen LogP contribution in [0.5, 0.6) is 0 Å². The van der Waals surface area contributed by atoms with Gasteiger partial charge < -0.3 is 9.64 Å². The van der Waals surface area contributed by atoms with Crippen LogP contribution < -0.4 is 0 Å². The molecule has 0 N–H and O–H groups in total. The summed E-state index contributed by atoms with van der Waals surface area (Å²) in [5.74, 6) is 1.08. The molecule has 1 fully saturated rings. The van der Waals surface area contributed by atoms with E-state index in [4.69, 9.17) is 8.92 Å². The molecule has 1 aromatic carbocycles. The van der Waals surface area contributed by atoms with E-state index in [1.807, 2.05) is 34.6 Å². The highest BCUT2D eigenvalue weighted by Gasteiger charge is 2.30. The van der Waals surface area contributed by atoms with E-state index in [0.717, 1.165) is 24.8 Å². The van der Waals surface area contributed by atoms with Gasteiger partial charge in [0, 0.05) is 13.1 Å². The molecule has 1 heterocycles. The van der Waals surface area contributed by atoms with Crippen molar-refractivity contribution in [3.8, 4) is 0 Å². The minimum Gasteiger partial charge on any atom is -0.444 e. The first-order chi connectivity index (χ1) is 13.9. The summed E-state index contributed by atoms with van der Waals surface area (Å²) in [7, 11) is -3.72. The van der Waals surface area contributed by atoms with E-state index in [-0.39, 0.29) is 23.5 Å². The van der Waals surface area contributed by atoms with Gasteiger partial charge in [0.25, 0.3) is 10.1 Å². The number of benzene rings is 1. The van der Waals surface area contributed by atoms with Crippen molar-refractivity contribution in [3.63, 3.8) is 0 Å². The predicted molar refractivity (Wildman–Crippen MR) is 118 cm³/mol. The lowest BCUT2D eigenvalue weighted by Crippen LogP contribution is -2.42. The zero-order valence-electron chi connectivity index (χ0n) is 19.2. The summed E-state index contributed by atoms with van der Waals surface area (Å²) < 4.78 is 35.5. The summed E-state index contributed by atoms with van der Waals surface area (Å²) in [6, 6.07) is 6.70. The van der Waals surface area contributed by atoms with Crippen LogP contribution in [0.4, 0.5) is 4.79 Å². The highest BCUT2D eigenvalue weighted by atomic mass is 32.2. The number of nitrogens with zero attached hydrogens (tertiary/aromatic N) is 1. The maximum absolute atomic E-state index is 12.4. The molecule has 1 aromatic rings. The maximum atomic E-state index is 12.4. The Morgan fingerprint density at radius 1 is 1.13 bits per heavy atom. The minimum atomic E-state index is -3.72. The van der Waals surface area contributed by atoms with E-state index in [0.29, 0.717) is 24.9 Å². The van der Waals surface area contributed by atoms with E-state index in [1.54, 1.807) is 29.2 Å². The van der Waals surface area contributed by atoms with Crippen molar-refractivity contribution in [2.24, 2.45) is 17.8 Å². The van der Waals surface area contributed by atoms with Gasteiger partial charge in [-0.05, 0) is 76.8 Å². The smallest absolute Gasteiger partial charge is 0.410 e. The van der Waals surface area contributed by atoms with Gasteiger partial charge in [0.15, 0.2) is 0 Å². The number of amides is 1. The van der Waals surface area contributed by atoms with Crippen molar-refractivity contribution >= 4 is 16.2 Å². The molecule has 1 amide bonds. The second kappa shape index (κ2) is 10.1. The van der Waals surface area contributed by atoms with Crippen LogP contribution in [0.15, 0.2) is 29.2 Å². The number of carbonyl (C=O) groups excluding carboxylic acids is 1. The fraction of sp³-hybridized carbons (Fsp3) is 0.696. The predicted octanol–water partition coefficient (Wildman–Crippen LogP) is 5.01. The van der Waals surface area contributed by atoms with Gasteiger partial charge in [-0.1, -0.05) is 31.5 Å². The topological polar surface area (TPSA) is 72.9 Å². The van der Waals surface area contributed by atoms with Gasteiger partial charge in [-0.3, -0.25) is 4.18 Å². The Morgan fingerprint density at radius 2 is 1.70 bits per heavy atom. The first-order valence-electron chi connectivity index (χ1n) is 10.8. The molecule has 2 rings (SSSR count). The second-order valence-corrected chi connectivity index (χ2v) is 11.3. The van der Waals surface area contributed by atoms with Crippen molar-refractivity contribution in [1.29, 1.82) is 0 Å². The van der Waals surface area contributed by atoms with Crippen LogP contribution in [0.3, 0.4) is 0 Å². The fourth-order valence-electron chi connectivity index (χ4n) is 3.85. The number of carbonyl (C=O) groups is 1. The van der Waals surface area contributed by atoms with Crippen molar-refractivity contribution in [2.75, 3.05) is 19.7 Å².